The van der Waals surface area contributed by atoms with Gasteiger partial charge in [-0.05, 0) is 56.2 Å². The van der Waals surface area contributed by atoms with Gasteiger partial charge in [0.25, 0.3) is 0 Å². The summed E-state index contributed by atoms with van der Waals surface area (Å²) in [6.45, 7) is 6.06. The summed E-state index contributed by atoms with van der Waals surface area (Å²) in [5.74, 6) is 0.826. The second-order valence-electron chi connectivity index (χ2n) is 7.03. The van der Waals surface area contributed by atoms with Crippen molar-refractivity contribution in [3.05, 3.63) is 77.9 Å². The first-order chi connectivity index (χ1) is 14.5. The number of thioether (sulfide) groups is 1. The zero-order valence-electron chi connectivity index (χ0n) is 17.0. The average molecular weight is 419 g/mol. The van der Waals surface area contributed by atoms with Crippen molar-refractivity contribution in [2.45, 2.75) is 25.9 Å². The van der Waals surface area contributed by atoms with Crippen LogP contribution in [0.15, 0.2) is 66.3 Å². The van der Waals surface area contributed by atoms with Crippen LogP contribution in [0.4, 0.5) is 5.69 Å². The predicted molar refractivity (Wildman–Crippen MR) is 118 cm³/mol. The molecule has 1 amide bonds. The Labute approximate surface area is 179 Å². The molecule has 1 aromatic carbocycles. The molecule has 1 N–H and O–H groups in total. The Morgan fingerprint density at radius 2 is 1.70 bits per heavy atom. The van der Waals surface area contributed by atoms with Crippen molar-refractivity contribution in [3.63, 3.8) is 0 Å². The second-order valence-corrected chi connectivity index (χ2v) is 7.97. The maximum absolute atomic E-state index is 12.6. The number of nitrogens with zero attached hydrogens (tertiary/aromatic N) is 5. The number of benzene rings is 1. The van der Waals surface area contributed by atoms with Crippen molar-refractivity contribution >= 4 is 23.4 Å². The number of amides is 1. The van der Waals surface area contributed by atoms with Crippen LogP contribution in [-0.2, 0) is 4.79 Å². The number of pyridine rings is 1. The van der Waals surface area contributed by atoms with Crippen LogP contribution in [0, 0.1) is 20.8 Å². The maximum atomic E-state index is 12.6. The number of hydrogen-bond acceptors (Lipinski definition) is 5. The fourth-order valence-electron chi connectivity index (χ4n) is 3.39. The molecule has 0 atom stereocenters. The molecule has 4 rings (SSSR count). The molecule has 30 heavy (non-hydrogen) atoms. The summed E-state index contributed by atoms with van der Waals surface area (Å²) in [4.78, 5) is 16.7. The van der Waals surface area contributed by atoms with E-state index in [0.717, 1.165) is 22.4 Å². The van der Waals surface area contributed by atoms with Crippen LogP contribution in [0.2, 0.25) is 0 Å². The Kier molecular flexibility index (Phi) is 5.67. The van der Waals surface area contributed by atoms with E-state index in [1.165, 1.54) is 17.3 Å². The van der Waals surface area contributed by atoms with Crippen LogP contribution in [0.1, 0.15) is 16.7 Å². The quantitative estimate of drug-likeness (QED) is 0.477. The summed E-state index contributed by atoms with van der Waals surface area (Å²) in [6, 6.07) is 11.8. The van der Waals surface area contributed by atoms with Crippen molar-refractivity contribution in [1.82, 2.24) is 24.5 Å². The molecular weight excluding hydrogens is 396 g/mol. The number of aryl methyl sites for hydroxylation is 3. The van der Waals surface area contributed by atoms with E-state index in [-0.39, 0.29) is 11.7 Å². The summed E-state index contributed by atoms with van der Waals surface area (Å²) in [5.41, 5.74) is 5.06. The molecule has 0 saturated heterocycles. The lowest BCUT2D eigenvalue weighted by atomic mass is 10.1. The molecular formula is C22H22N6OS. The number of carbonyl (C=O) groups excluding carboxylic acids is 1. The maximum Gasteiger partial charge on any atom is 0.234 e. The average Bonchev–Trinajstić information content (AvgIpc) is 3.39. The number of nitrogens with one attached hydrogen (secondary N) is 1. The second kappa shape index (κ2) is 8.54. The van der Waals surface area contributed by atoms with Gasteiger partial charge in [-0.25, -0.2) is 4.68 Å². The first-order valence-corrected chi connectivity index (χ1v) is 10.5. The van der Waals surface area contributed by atoms with Crippen LogP contribution >= 0.6 is 11.8 Å². The van der Waals surface area contributed by atoms with Crippen LogP contribution < -0.4 is 5.32 Å². The highest BCUT2D eigenvalue weighted by Gasteiger charge is 2.17. The van der Waals surface area contributed by atoms with E-state index >= 15 is 0 Å². The number of carbonyl (C=O) groups is 1. The van der Waals surface area contributed by atoms with Gasteiger partial charge in [0, 0.05) is 36.0 Å². The van der Waals surface area contributed by atoms with E-state index in [0.29, 0.717) is 11.0 Å². The third kappa shape index (κ3) is 4.13. The van der Waals surface area contributed by atoms with Gasteiger partial charge in [-0.1, -0.05) is 29.5 Å². The molecule has 0 fully saturated rings. The minimum absolute atomic E-state index is 0.0810. The van der Waals surface area contributed by atoms with Crippen molar-refractivity contribution in [3.8, 4) is 11.4 Å². The SMILES string of the molecule is Cc1cc(C)c(NC(=O)CSc2nnc(-c3ccncc3)n2-n2cccc2)c(C)c1. The van der Waals surface area contributed by atoms with E-state index in [1.54, 1.807) is 12.4 Å². The molecule has 3 heterocycles. The summed E-state index contributed by atoms with van der Waals surface area (Å²) in [5, 5.41) is 12.3. The molecule has 3 aromatic heterocycles. The first-order valence-electron chi connectivity index (χ1n) is 9.53. The van der Waals surface area contributed by atoms with Gasteiger partial charge in [-0.3, -0.25) is 14.5 Å². The van der Waals surface area contributed by atoms with Gasteiger partial charge < -0.3 is 5.32 Å². The Hall–Kier alpha value is -3.39. The Morgan fingerprint density at radius 3 is 2.37 bits per heavy atom. The Balaban J connectivity index is 1.56. The normalized spacial score (nSPS) is 10.9. The molecule has 0 aliphatic carbocycles. The van der Waals surface area contributed by atoms with E-state index in [1.807, 2.05) is 59.9 Å². The van der Waals surface area contributed by atoms with Crippen molar-refractivity contribution in [1.29, 1.82) is 0 Å². The van der Waals surface area contributed by atoms with Gasteiger partial charge in [0.15, 0.2) is 5.82 Å². The molecule has 0 spiro atoms. The lowest BCUT2D eigenvalue weighted by Gasteiger charge is -2.13. The fourth-order valence-corrected chi connectivity index (χ4v) is 4.12. The van der Waals surface area contributed by atoms with Crippen molar-refractivity contribution in [2.75, 3.05) is 11.1 Å². The minimum atomic E-state index is -0.0810. The van der Waals surface area contributed by atoms with E-state index in [9.17, 15) is 4.79 Å². The van der Waals surface area contributed by atoms with Gasteiger partial charge in [-0.2, -0.15) is 0 Å². The number of rotatable bonds is 6. The molecule has 0 aliphatic rings. The first kappa shape index (κ1) is 19.9. The van der Waals surface area contributed by atoms with Crippen LogP contribution in [0.5, 0.6) is 0 Å². The molecule has 4 aromatic rings. The lowest BCUT2D eigenvalue weighted by molar-refractivity contribution is -0.113. The van der Waals surface area contributed by atoms with Gasteiger partial charge in [0.1, 0.15) is 0 Å². The topological polar surface area (TPSA) is 77.6 Å². The summed E-state index contributed by atoms with van der Waals surface area (Å²) < 4.78 is 3.78. The Morgan fingerprint density at radius 1 is 1.03 bits per heavy atom. The van der Waals surface area contributed by atoms with E-state index in [2.05, 4.69) is 39.6 Å². The summed E-state index contributed by atoms with van der Waals surface area (Å²) in [7, 11) is 0. The molecule has 7 nitrogen and oxygen atoms in total. The van der Waals surface area contributed by atoms with Crippen molar-refractivity contribution in [2.24, 2.45) is 0 Å². The molecule has 0 saturated carbocycles. The monoisotopic (exact) mass is 418 g/mol. The van der Waals surface area contributed by atoms with Crippen molar-refractivity contribution < 1.29 is 4.79 Å². The number of hydrogen-bond donors (Lipinski definition) is 1. The zero-order valence-corrected chi connectivity index (χ0v) is 17.8. The number of anilines is 1. The molecule has 8 heteroatoms. The van der Waals surface area contributed by atoms with Crippen LogP contribution in [-0.4, -0.2) is 36.2 Å². The van der Waals surface area contributed by atoms with E-state index in [4.69, 9.17) is 0 Å². The molecule has 0 bridgehead atoms. The Bertz CT molecular complexity index is 1140. The molecule has 0 radical (unpaired) electrons. The predicted octanol–water partition coefficient (Wildman–Crippen LogP) is 4.11. The highest BCUT2D eigenvalue weighted by atomic mass is 32.2. The van der Waals surface area contributed by atoms with Gasteiger partial charge in [0.05, 0.1) is 5.75 Å². The zero-order chi connectivity index (χ0) is 21.1. The van der Waals surface area contributed by atoms with E-state index < -0.39 is 0 Å². The largest absolute Gasteiger partial charge is 0.325 e. The lowest BCUT2D eigenvalue weighted by Crippen LogP contribution is -2.17. The highest BCUT2D eigenvalue weighted by molar-refractivity contribution is 7.99. The number of aromatic nitrogens is 5. The van der Waals surface area contributed by atoms with Gasteiger partial charge in [-0.15, -0.1) is 10.2 Å². The summed E-state index contributed by atoms with van der Waals surface area (Å²) in [6.07, 6.45) is 7.27. The van der Waals surface area contributed by atoms with Crippen LogP contribution in [0.25, 0.3) is 11.4 Å². The van der Waals surface area contributed by atoms with Crippen LogP contribution in [0.3, 0.4) is 0 Å². The third-order valence-electron chi connectivity index (χ3n) is 4.64. The smallest absolute Gasteiger partial charge is 0.234 e. The highest BCUT2D eigenvalue weighted by Crippen LogP contribution is 2.25. The molecule has 152 valence electrons. The summed E-state index contributed by atoms with van der Waals surface area (Å²) >= 11 is 1.34. The third-order valence-corrected chi connectivity index (χ3v) is 5.56. The standard InChI is InChI=1S/C22H22N6OS/c1-15-12-16(2)20(17(3)13-15)24-19(29)14-30-22-26-25-21(18-6-8-23-9-7-18)28(22)27-10-4-5-11-27/h4-13H,14H2,1-3H3,(H,24,29). The fraction of sp³-hybridized carbons (Fsp3) is 0.182. The molecule has 0 aliphatic heterocycles. The minimum Gasteiger partial charge on any atom is -0.325 e. The van der Waals surface area contributed by atoms with Gasteiger partial charge >= 0.3 is 0 Å². The van der Waals surface area contributed by atoms with Gasteiger partial charge in [0.2, 0.25) is 11.1 Å². The molecule has 0 unspecified atom stereocenters.